The zero-order valence-electron chi connectivity index (χ0n) is 18.4. The van der Waals surface area contributed by atoms with Crippen molar-refractivity contribution in [3.8, 4) is 0 Å². The van der Waals surface area contributed by atoms with Gasteiger partial charge in [0.05, 0.1) is 11.9 Å². The first-order chi connectivity index (χ1) is 15.0. The molecule has 3 heterocycles. The Morgan fingerprint density at radius 1 is 1.13 bits per heavy atom. The third kappa shape index (κ3) is 4.97. The fourth-order valence-electron chi connectivity index (χ4n) is 4.13. The maximum Gasteiger partial charge on any atom is 0.238 e. The molecule has 31 heavy (non-hydrogen) atoms. The quantitative estimate of drug-likeness (QED) is 0.607. The molecule has 7 nitrogen and oxygen atoms in total. The van der Waals surface area contributed by atoms with E-state index in [0.717, 1.165) is 54.4 Å². The molecule has 8 heteroatoms. The number of nitrogens with zero attached hydrogens (tertiary/aromatic N) is 5. The zero-order chi connectivity index (χ0) is 21.8. The Kier molecular flexibility index (Phi) is 6.67. The number of nitrogens with one attached hydrogen (secondary N) is 1. The third-order valence-corrected chi connectivity index (χ3v) is 6.55. The predicted octanol–water partition coefficient (Wildman–Crippen LogP) is 3.69. The third-order valence-electron chi connectivity index (χ3n) is 5.73. The largest absolute Gasteiger partial charge is 0.369 e. The molecule has 0 bridgehead atoms. The van der Waals surface area contributed by atoms with Gasteiger partial charge in [-0.25, -0.2) is 9.97 Å². The van der Waals surface area contributed by atoms with Crippen LogP contribution in [-0.2, 0) is 4.79 Å². The van der Waals surface area contributed by atoms with Crippen LogP contribution in [0, 0.1) is 0 Å². The van der Waals surface area contributed by atoms with Crippen molar-refractivity contribution in [2.24, 2.45) is 0 Å². The van der Waals surface area contributed by atoms with E-state index in [-0.39, 0.29) is 5.91 Å². The average molecular weight is 439 g/mol. The Bertz CT molecular complexity index is 1010. The maximum absolute atomic E-state index is 12.6. The Morgan fingerprint density at radius 2 is 1.87 bits per heavy atom. The highest BCUT2D eigenvalue weighted by molar-refractivity contribution is 7.16. The van der Waals surface area contributed by atoms with Crippen LogP contribution in [0.2, 0.25) is 0 Å². The number of fused-ring (bicyclic) bond motifs is 1. The molecule has 1 aliphatic rings. The molecule has 0 spiro atoms. The summed E-state index contributed by atoms with van der Waals surface area (Å²) in [5.41, 5.74) is 2.02. The smallest absolute Gasteiger partial charge is 0.238 e. The number of benzene rings is 1. The minimum absolute atomic E-state index is 0.0275. The second-order valence-corrected chi connectivity index (χ2v) is 8.97. The molecule has 164 valence electrons. The summed E-state index contributed by atoms with van der Waals surface area (Å²) in [6.07, 6.45) is 1.64. The molecule has 1 saturated heterocycles. The molecular formula is C23H30N6OS. The van der Waals surface area contributed by atoms with Gasteiger partial charge in [-0.3, -0.25) is 9.69 Å². The van der Waals surface area contributed by atoms with E-state index in [1.807, 2.05) is 12.1 Å². The van der Waals surface area contributed by atoms with Gasteiger partial charge in [0.25, 0.3) is 0 Å². The van der Waals surface area contributed by atoms with Crippen molar-refractivity contribution in [1.82, 2.24) is 14.9 Å². The molecule has 2 aromatic heterocycles. The van der Waals surface area contributed by atoms with Crippen molar-refractivity contribution in [2.45, 2.75) is 26.8 Å². The molecule has 3 aromatic rings. The molecule has 0 unspecified atom stereocenters. The lowest BCUT2D eigenvalue weighted by molar-refractivity contribution is -0.117. The standard InChI is InChI=1S/C23H30N6OS/c1-4-29(17(2)3)19-7-5-18(6-8-19)26-21(30)15-27-10-12-28(13-11-27)22-20-9-14-31-23(20)25-16-24-22/h5-9,14,16-17H,4,10-13,15H2,1-3H3,(H,26,30). The van der Waals surface area contributed by atoms with Crippen molar-refractivity contribution in [1.29, 1.82) is 0 Å². The van der Waals surface area contributed by atoms with Crippen molar-refractivity contribution in [3.05, 3.63) is 42.0 Å². The van der Waals surface area contributed by atoms with Gasteiger partial charge >= 0.3 is 0 Å². The topological polar surface area (TPSA) is 64.6 Å². The predicted molar refractivity (Wildman–Crippen MR) is 129 cm³/mol. The summed E-state index contributed by atoms with van der Waals surface area (Å²) in [4.78, 5) is 29.2. The van der Waals surface area contributed by atoms with Crippen molar-refractivity contribution >= 4 is 44.7 Å². The van der Waals surface area contributed by atoms with Gasteiger partial charge in [0.1, 0.15) is 17.0 Å². The van der Waals surface area contributed by atoms with Crippen LogP contribution in [0.3, 0.4) is 0 Å². The number of carbonyl (C=O) groups is 1. The Labute approximate surface area is 187 Å². The van der Waals surface area contributed by atoms with Crippen molar-refractivity contribution in [3.63, 3.8) is 0 Å². The molecule has 0 aliphatic carbocycles. The number of hydrogen-bond acceptors (Lipinski definition) is 7. The fourth-order valence-corrected chi connectivity index (χ4v) is 4.86. The Balaban J connectivity index is 1.29. The molecule has 0 atom stereocenters. The van der Waals surface area contributed by atoms with Gasteiger partial charge in [0, 0.05) is 50.1 Å². The van der Waals surface area contributed by atoms with Crippen LogP contribution in [0.15, 0.2) is 42.0 Å². The van der Waals surface area contributed by atoms with Crippen LogP contribution in [0.4, 0.5) is 17.2 Å². The Hall–Kier alpha value is -2.71. The Morgan fingerprint density at radius 3 is 2.55 bits per heavy atom. The van der Waals surface area contributed by atoms with Gasteiger partial charge in [-0.05, 0) is 56.5 Å². The fraction of sp³-hybridized carbons (Fsp3) is 0.435. The number of aromatic nitrogens is 2. The molecule has 0 saturated carbocycles. The highest BCUT2D eigenvalue weighted by Crippen LogP contribution is 2.27. The van der Waals surface area contributed by atoms with Crippen LogP contribution in [-0.4, -0.2) is 66.1 Å². The normalized spacial score (nSPS) is 14.9. The minimum atomic E-state index is 0.0275. The van der Waals surface area contributed by atoms with Gasteiger partial charge in [-0.15, -0.1) is 11.3 Å². The van der Waals surface area contributed by atoms with Crippen molar-refractivity contribution < 1.29 is 4.79 Å². The maximum atomic E-state index is 12.6. The molecule has 1 amide bonds. The summed E-state index contributed by atoms with van der Waals surface area (Å²) in [7, 11) is 0. The van der Waals surface area contributed by atoms with E-state index in [9.17, 15) is 4.79 Å². The summed E-state index contributed by atoms with van der Waals surface area (Å²) >= 11 is 1.64. The van der Waals surface area contributed by atoms with E-state index in [1.54, 1.807) is 17.7 Å². The number of rotatable bonds is 7. The second kappa shape index (κ2) is 9.62. The highest BCUT2D eigenvalue weighted by atomic mass is 32.1. The van der Waals surface area contributed by atoms with Gasteiger partial charge in [-0.1, -0.05) is 0 Å². The van der Waals surface area contributed by atoms with Crippen LogP contribution in [0.25, 0.3) is 10.2 Å². The first-order valence-corrected chi connectivity index (χ1v) is 11.7. The van der Waals surface area contributed by atoms with Crippen LogP contribution in [0.5, 0.6) is 0 Å². The summed E-state index contributed by atoms with van der Waals surface area (Å²) in [5.74, 6) is 1.03. The lowest BCUT2D eigenvalue weighted by atomic mass is 10.2. The van der Waals surface area contributed by atoms with Crippen LogP contribution in [0.1, 0.15) is 20.8 Å². The summed E-state index contributed by atoms with van der Waals surface area (Å²) in [5, 5.41) is 6.20. The molecule has 1 aliphatic heterocycles. The minimum Gasteiger partial charge on any atom is -0.369 e. The number of anilines is 3. The van der Waals surface area contributed by atoms with Crippen LogP contribution >= 0.6 is 11.3 Å². The van der Waals surface area contributed by atoms with E-state index < -0.39 is 0 Å². The first kappa shape index (κ1) is 21.5. The van der Waals surface area contributed by atoms with E-state index in [4.69, 9.17) is 0 Å². The van der Waals surface area contributed by atoms with Crippen molar-refractivity contribution in [2.75, 3.05) is 54.4 Å². The molecule has 1 aromatic carbocycles. The van der Waals surface area contributed by atoms with E-state index >= 15 is 0 Å². The zero-order valence-corrected chi connectivity index (χ0v) is 19.2. The van der Waals surface area contributed by atoms with Gasteiger partial charge in [0.15, 0.2) is 0 Å². The van der Waals surface area contributed by atoms with Crippen LogP contribution < -0.4 is 15.1 Å². The van der Waals surface area contributed by atoms with E-state index in [0.29, 0.717) is 12.6 Å². The molecule has 1 fully saturated rings. The molecule has 1 N–H and O–H groups in total. The second-order valence-electron chi connectivity index (χ2n) is 8.07. The number of thiophene rings is 1. The number of piperazine rings is 1. The number of hydrogen-bond donors (Lipinski definition) is 1. The molecule has 0 radical (unpaired) electrons. The van der Waals surface area contributed by atoms with Gasteiger partial charge in [0.2, 0.25) is 5.91 Å². The average Bonchev–Trinajstić information content (AvgIpc) is 3.25. The van der Waals surface area contributed by atoms with Gasteiger partial charge < -0.3 is 15.1 Å². The highest BCUT2D eigenvalue weighted by Gasteiger charge is 2.21. The first-order valence-electron chi connectivity index (χ1n) is 10.9. The summed E-state index contributed by atoms with van der Waals surface area (Å²) < 4.78 is 0. The molecule has 4 rings (SSSR count). The lowest BCUT2D eigenvalue weighted by Crippen LogP contribution is -2.49. The van der Waals surface area contributed by atoms with E-state index in [2.05, 4.69) is 74.3 Å². The SMILES string of the molecule is CCN(c1ccc(NC(=O)CN2CCN(c3ncnc4sccc34)CC2)cc1)C(C)C. The summed E-state index contributed by atoms with van der Waals surface area (Å²) in [6, 6.07) is 10.6. The number of carbonyl (C=O) groups excluding carboxylic acids is 1. The van der Waals surface area contributed by atoms with E-state index in [1.165, 1.54) is 5.69 Å². The van der Waals surface area contributed by atoms with Gasteiger partial charge in [-0.2, -0.15) is 0 Å². The number of amides is 1. The lowest BCUT2D eigenvalue weighted by Gasteiger charge is -2.35. The molecular weight excluding hydrogens is 408 g/mol. The monoisotopic (exact) mass is 438 g/mol. The summed E-state index contributed by atoms with van der Waals surface area (Å²) in [6.45, 7) is 11.3.